The van der Waals surface area contributed by atoms with Crippen molar-refractivity contribution in [2.75, 3.05) is 13.2 Å². The number of hydrogen-bond donors (Lipinski definition) is 1. The molecule has 3 atom stereocenters. The van der Waals surface area contributed by atoms with Crippen LogP contribution in [0.4, 0.5) is 0 Å². The van der Waals surface area contributed by atoms with Gasteiger partial charge in [0, 0.05) is 12.6 Å². The molecule has 2 heteroatoms. The van der Waals surface area contributed by atoms with Crippen molar-refractivity contribution < 1.29 is 4.74 Å². The zero-order valence-electron chi connectivity index (χ0n) is 14.1. The number of hydrogen-bond acceptors (Lipinski definition) is 2. The van der Waals surface area contributed by atoms with Crippen molar-refractivity contribution in [2.24, 2.45) is 5.92 Å². The number of rotatable bonds is 12. The van der Waals surface area contributed by atoms with Crippen molar-refractivity contribution in [1.82, 2.24) is 5.32 Å². The van der Waals surface area contributed by atoms with Crippen LogP contribution < -0.4 is 5.32 Å². The van der Waals surface area contributed by atoms with Gasteiger partial charge in [-0.3, -0.25) is 0 Å². The predicted molar refractivity (Wildman–Crippen MR) is 88.2 cm³/mol. The van der Waals surface area contributed by atoms with Crippen molar-refractivity contribution in [1.29, 1.82) is 0 Å². The van der Waals surface area contributed by atoms with Gasteiger partial charge in [0.2, 0.25) is 0 Å². The quantitative estimate of drug-likeness (QED) is 0.549. The molecule has 0 bridgehead atoms. The third-order valence-corrected chi connectivity index (χ3v) is 4.71. The van der Waals surface area contributed by atoms with E-state index in [1.165, 1.54) is 70.8 Å². The van der Waals surface area contributed by atoms with E-state index in [-0.39, 0.29) is 0 Å². The lowest BCUT2D eigenvalue weighted by Crippen LogP contribution is -2.32. The largest absolute Gasteiger partial charge is 0.378 e. The van der Waals surface area contributed by atoms with Crippen LogP contribution in [0.2, 0.25) is 0 Å². The summed E-state index contributed by atoms with van der Waals surface area (Å²) in [5.41, 5.74) is 0. The van der Waals surface area contributed by atoms with Crippen molar-refractivity contribution in [2.45, 2.75) is 97.1 Å². The molecule has 1 fully saturated rings. The zero-order chi connectivity index (χ0) is 14.6. The lowest BCUT2D eigenvalue weighted by molar-refractivity contribution is 0.0984. The minimum absolute atomic E-state index is 0.552. The summed E-state index contributed by atoms with van der Waals surface area (Å²) < 4.78 is 5.78. The number of nitrogens with one attached hydrogen (secondary N) is 1. The maximum atomic E-state index is 5.78. The van der Waals surface area contributed by atoms with Crippen LogP contribution in [-0.4, -0.2) is 25.3 Å². The lowest BCUT2D eigenvalue weighted by atomic mass is 9.89. The molecule has 0 saturated carbocycles. The Bertz CT molecular complexity index is 213. The van der Waals surface area contributed by atoms with E-state index < -0.39 is 0 Å². The van der Waals surface area contributed by atoms with E-state index in [1.807, 2.05) is 0 Å². The first kappa shape index (κ1) is 18.0. The molecular formula is C18H37NO. The van der Waals surface area contributed by atoms with Crippen molar-refractivity contribution in [3.63, 3.8) is 0 Å². The van der Waals surface area contributed by atoms with Gasteiger partial charge in [0.05, 0.1) is 6.10 Å². The molecule has 0 amide bonds. The van der Waals surface area contributed by atoms with Crippen LogP contribution in [0.1, 0.15) is 85.0 Å². The van der Waals surface area contributed by atoms with E-state index in [4.69, 9.17) is 4.74 Å². The van der Waals surface area contributed by atoms with Crippen LogP contribution in [0.15, 0.2) is 0 Å². The Morgan fingerprint density at radius 1 is 1.15 bits per heavy atom. The molecule has 1 saturated heterocycles. The zero-order valence-corrected chi connectivity index (χ0v) is 14.1. The van der Waals surface area contributed by atoms with Crippen molar-refractivity contribution in [3.05, 3.63) is 0 Å². The Morgan fingerprint density at radius 3 is 2.60 bits per heavy atom. The van der Waals surface area contributed by atoms with Gasteiger partial charge in [0.1, 0.15) is 0 Å². The normalized spacial score (nSPS) is 22.1. The molecule has 2 nitrogen and oxygen atoms in total. The first-order valence-electron chi connectivity index (χ1n) is 9.15. The topological polar surface area (TPSA) is 21.3 Å². The van der Waals surface area contributed by atoms with Crippen LogP contribution in [0, 0.1) is 5.92 Å². The highest BCUT2D eigenvalue weighted by atomic mass is 16.5. The second kappa shape index (κ2) is 11.6. The molecule has 20 heavy (non-hydrogen) atoms. The molecule has 0 aromatic rings. The summed E-state index contributed by atoms with van der Waals surface area (Å²) in [5, 5.41) is 3.78. The molecule has 120 valence electrons. The molecular weight excluding hydrogens is 246 g/mol. The third-order valence-electron chi connectivity index (χ3n) is 4.71. The SMILES string of the molecule is CCCCC(CC)CC(CCC1CCCO1)NCCC. The van der Waals surface area contributed by atoms with E-state index >= 15 is 0 Å². The number of ether oxygens (including phenoxy) is 1. The van der Waals surface area contributed by atoms with E-state index in [0.29, 0.717) is 12.1 Å². The second-order valence-corrected chi connectivity index (χ2v) is 6.52. The highest BCUT2D eigenvalue weighted by Crippen LogP contribution is 2.23. The van der Waals surface area contributed by atoms with Gasteiger partial charge >= 0.3 is 0 Å². The van der Waals surface area contributed by atoms with Crippen LogP contribution in [0.3, 0.4) is 0 Å². The average Bonchev–Trinajstić information content (AvgIpc) is 2.98. The maximum Gasteiger partial charge on any atom is 0.0576 e. The molecule has 0 aromatic heterocycles. The van der Waals surface area contributed by atoms with Gasteiger partial charge in [-0.2, -0.15) is 0 Å². The molecule has 0 aliphatic carbocycles. The Balaban J connectivity index is 2.31. The van der Waals surface area contributed by atoms with Crippen LogP contribution in [0.5, 0.6) is 0 Å². The van der Waals surface area contributed by atoms with Crippen LogP contribution in [-0.2, 0) is 4.74 Å². The lowest BCUT2D eigenvalue weighted by Gasteiger charge is -2.25. The minimum Gasteiger partial charge on any atom is -0.378 e. The van der Waals surface area contributed by atoms with Crippen LogP contribution >= 0.6 is 0 Å². The Morgan fingerprint density at radius 2 is 2.00 bits per heavy atom. The number of unbranched alkanes of at least 4 members (excludes halogenated alkanes) is 1. The van der Waals surface area contributed by atoms with Gasteiger partial charge in [-0.05, 0) is 51.0 Å². The summed E-state index contributed by atoms with van der Waals surface area (Å²) in [7, 11) is 0. The second-order valence-electron chi connectivity index (χ2n) is 6.52. The molecule has 0 spiro atoms. The predicted octanol–water partition coefficient (Wildman–Crippen LogP) is 4.92. The van der Waals surface area contributed by atoms with Gasteiger partial charge in [0.25, 0.3) is 0 Å². The smallest absolute Gasteiger partial charge is 0.0576 e. The fraction of sp³-hybridized carbons (Fsp3) is 1.00. The van der Waals surface area contributed by atoms with Gasteiger partial charge in [-0.25, -0.2) is 0 Å². The van der Waals surface area contributed by atoms with Gasteiger partial charge < -0.3 is 10.1 Å². The molecule has 1 N–H and O–H groups in total. The van der Waals surface area contributed by atoms with Gasteiger partial charge in [-0.15, -0.1) is 0 Å². The van der Waals surface area contributed by atoms with Crippen molar-refractivity contribution >= 4 is 0 Å². The van der Waals surface area contributed by atoms with Crippen LogP contribution in [0.25, 0.3) is 0 Å². The van der Waals surface area contributed by atoms with Crippen molar-refractivity contribution in [3.8, 4) is 0 Å². The maximum absolute atomic E-state index is 5.78. The molecule has 1 rings (SSSR count). The van der Waals surface area contributed by atoms with Gasteiger partial charge in [0.15, 0.2) is 0 Å². The van der Waals surface area contributed by atoms with E-state index in [1.54, 1.807) is 0 Å². The highest BCUT2D eigenvalue weighted by Gasteiger charge is 2.19. The Labute approximate surface area is 127 Å². The summed E-state index contributed by atoms with van der Waals surface area (Å²) in [5.74, 6) is 0.911. The Kier molecular flexibility index (Phi) is 10.4. The minimum atomic E-state index is 0.552. The molecule has 1 heterocycles. The highest BCUT2D eigenvalue weighted by molar-refractivity contribution is 4.75. The summed E-state index contributed by atoms with van der Waals surface area (Å²) in [4.78, 5) is 0. The summed E-state index contributed by atoms with van der Waals surface area (Å²) in [6.45, 7) is 9.08. The van der Waals surface area contributed by atoms with E-state index in [2.05, 4.69) is 26.1 Å². The summed E-state index contributed by atoms with van der Waals surface area (Å²) in [6.07, 6.45) is 13.7. The molecule has 1 aliphatic rings. The van der Waals surface area contributed by atoms with Gasteiger partial charge in [-0.1, -0.05) is 46.5 Å². The standard InChI is InChI=1S/C18H37NO/c1-4-7-9-16(6-3)15-17(19-13-5-2)11-12-18-10-8-14-20-18/h16-19H,4-15H2,1-3H3. The average molecular weight is 284 g/mol. The first-order valence-corrected chi connectivity index (χ1v) is 9.15. The van der Waals surface area contributed by atoms with E-state index in [9.17, 15) is 0 Å². The molecule has 0 aromatic carbocycles. The Hall–Kier alpha value is -0.0800. The monoisotopic (exact) mass is 283 g/mol. The fourth-order valence-electron chi connectivity index (χ4n) is 3.29. The van der Waals surface area contributed by atoms with E-state index in [0.717, 1.165) is 12.5 Å². The summed E-state index contributed by atoms with van der Waals surface area (Å²) >= 11 is 0. The molecule has 3 unspecified atom stereocenters. The first-order chi connectivity index (χ1) is 9.80. The third kappa shape index (κ3) is 7.64. The molecule has 0 radical (unpaired) electrons. The molecule has 1 aliphatic heterocycles. The summed E-state index contributed by atoms with van der Waals surface area (Å²) in [6, 6.07) is 0.709. The fourth-order valence-corrected chi connectivity index (χ4v) is 3.29.